The molecule has 0 spiro atoms. The van der Waals surface area contributed by atoms with E-state index in [1.54, 1.807) is 17.8 Å². The SMILES string of the molecule is CC1CCCC(Sc2cccc(Cl)c2C(=O)O)C1. The minimum absolute atomic E-state index is 0.252. The number of hydrogen-bond acceptors (Lipinski definition) is 2. The van der Waals surface area contributed by atoms with E-state index in [1.807, 2.05) is 12.1 Å². The van der Waals surface area contributed by atoms with Gasteiger partial charge in [-0.15, -0.1) is 11.8 Å². The summed E-state index contributed by atoms with van der Waals surface area (Å²) in [7, 11) is 0. The molecule has 2 unspecified atom stereocenters. The number of carboxylic acid groups (broad SMARTS) is 1. The molecule has 1 aromatic carbocycles. The Balaban J connectivity index is 2.18. The van der Waals surface area contributed by atoms with Gasteiger partial charge in [-0.2, -0.15) is 0 Å². The fraction of sp³-hybridized carbons (Fsp3) is 0.500. The molecule has 2 nitrogen and oxygen atoms in total. The molecule has 1 saturated carbocycles. The van der Waals surface area contributed by atoms with Gasteiger partial charge >= 0.3 is 5.97 Å². The third kappa shape index (κ3) is 3.21. The summed E-state index contributed by atoms with van der Waals surface area (Å²) in [5, 5.41) is 10.1. The third-order valence-electron chi connectivity index (χ3n) is 3.37. The van der Waals surface area contributed by atoms with Crippen LogP contribution in [0.5, 0.6) is 0 Å². The van der Waals surface area contributed by atoms with Gasteiger partial charge in [0.25, 0.3) is 0 Å². The van der Waals surface area contributed by atoms with Crippen molar-refractivity contribution in [1.82, 2.24) is 0 Å². The van der Waals surface area contributed by atoms with E-state index in [4.69, 9.17) is 11.6 Å². The number of hydrogen-bond donors (Lipinski definition) is 1. The molecule has 1 fully saturated rings. The summed E-state index contributed by atoms with van der Waals surface area (Å²) in [5.74, 6) is -0.198. The van der Waals surface area contributed by atoms with E-state index in [2.05, 4.69) is 6.92 Å². The van der Waals surface area contributed by atoms with Gasteiger partial charge in [-0.25, -0.2) is 4.79 Å². The smallest absolute Gasteiger partial charge is 0.338 e. The first-order valence-electron chi connectivity index (χ1n) is 6.26. The number of carbonyl (C=O) groups is 1. The number of aromatic carboxylic acids is 1. The van der Waals surface area contributed by atoms with E-state index in [9.17, 15) is 9.90 Å². The molecule has 2 atom stereocenters. The second-order valence-corrected chi connectivity index (χ2v) is 6.68. The minimum atomic E-state index is -0.938. The van der Waals surface area contributed by atoms with E-state index in [0.29, 0.717) is 10.3 Å². The van der Waals surface area contributed by atoms with Gasteiger partial charge in [0.2, 0.25) is 0 Å². The molecular formula is C14H17ClO2S. The zero-order valence-electron chi connectivity index (χ0n) is 10.4. The molecule has 0 aliphatic heterocycles. The first-order chi connectivity index (χ1) is 8.58. The maximum atomic E-state index is 11.3. The average Bonchev–Trinajstić information content (AvgIpc) is 2.28. The quantitative estimate of drug-likeness (QED) is 0.873. The van der Waals surface area contributed by atoms with Gasteiger partial charge in [-0.3, -0.25) is 0 Å². The van der Waals surface area contributed by atoms with Crippen LogP contribution in [0.2, 0.25) is 5.02 Å². The minimum Gasteiger partial charge on any atom is -0.478 e. The van der Waals surface area contributed by atoms with Crippen molar-refractivity contribution in [2.75, 3.05) is 0 Å². The van der Waals surface area contributed by atoms with Crippen LogP contribution in [0.3, 0.4) is 0 Å². The van der Waals surface area contributed by atoms with Gasteiger partial charge in [0, 0.05) is 10.1 Å². The predicted octanol–water partition coefficient (Wildman–Crippen LogP) is 4.71. The first kappa shape index (κ1) is 13.8. The lowest BCUT2D eigenvalue weighted by molar-refractivity contribution is 0.0693. The van der Waals surface area contributed by atoms with Gasteiger partial charge < -0.3 is 5.11 Å². The molecule has 1 aliphatic rings. The molecule has 1 aliphatic carbocycles. The Morgan fingerprint density at radius 3 is 2.89 bits per heavy atom. The van der Waals surface area contributed by atoms with Gasteiger partial charge in [0.05, 0.1) is 10.6 Å². The molecule has 0 bridgehead atoms. The molecule has 4 heteroatoms. The number of benzene rings is 1. The van der Waals surface area contributed by atoms with E-state index in [-0.39, 0.29) is 5.56 Å². The van der Waals surface area contributed by atoms with Crippen molar-refractivity contribution >= 4 is 29.3 Å². The van der Waals surface area contributed by atoms with Crippen LogP contribution in [-0.2, 0) is 0 Å². The molecule has 98 valence electrons. The van der Waals surface area contributed by atoms with Crippen LogP contribution >= 0.6 is 23.4 Å². The lowest BCUT2D eigenvalue weighted by Crippen LogP contribution is -2.15. The summed E-state index contributed by atoms with van der Waals surface area (Å²) >= 11 is 7.65. The van der Waals surface area contributed by atoms with Crippen molar-refractivity contribution in [3.63, 3.8) is 0 Å². The van der Waals surface area contributed by atoms with Crippen LogP contribution < -0.4 is 0 Å². The van der Waals surface area contributed by atoms with E-state index >= 15 is 0 Å². The highest BCUT2D eigenvalue weighted by molar-refractivity contribution is 8.00. The summed E-state index contributed by atoms with van der Waals surface area (Å²) < 4.78 is 0. The van der Waals surface area contributed by atoms with Gasteiger partial charge in [-0.05, 0) is 30.9 Å². The Kier molecular flexibility index (Phi) is 4.57. The Hall–Kier alpha value is -0.670. The number of halogens is 1. The van der Waals surface area contributed by atoms with Crippen molar-refractivity contribution in [2.45, 2.75) is 42.8 Å². The lowest BCUT2D eigenvalue weighted by atomic mass is 9.91. The second kappa shape index (κ2) is 5.98. The van der Waals surface area contributed by atoms with Crippen LogP contribution in [0.1, 0.15) is 43.0 Å². The molecule has 18 heavy (non-hydrogen) atoms. The Bertz CT molecular complexity index is 447. The van der Waals surface area contributed by atoms with Gasteiger partial charge in [-0.1, -0.05) is 37.4 Å². The van der Waals surface area contributed by atoms with Crippen molar-refractivity contribution in [3.8, 4) is 0 Å². The highest BCUT2D eigenvalue weighted by Crippen LogP contribution is 2.38. The van der Waals surface area contributed by atoms with E-state index in [1.165, 1.54) is 19.3 Å². The lowest BCUT2D eigenvalue weighted by Gasteiger charge is -2.26. The monoisotopic (exact) mass is 284 g/mol. The van der Waals surface area contributed by atoms with Crippen LogP contribution in [0.25, 0.3) is 0 Å². The molecule has 1 aromatic rings. The summed E-state index contributed by atoms with van der Waals surface area (Å²) in [6.07, 6.45) is 4.86. The summed E-state index contributed by atoms with van der Waals surface area (Å²) in [5.41, 5.74) is 0.252. The zero-order valence-corrected chi connectivity index (χ0v) is 11.9. The number of rotatable bonds is 3. The van der Waals surface area contributed by atoms with Gasteiger partial charge in [0.15, 0.2) is 0 Å². The molecule has 1 N–H and O–H groups in total. The Morgan fingerprint density at radius 1 is 1.44 bits per heavy atom. The maximum Gasteiger partial charge on any atom is 0.338 e. The van der Waals surface area contributed by atoms with Crippen molar-refractivity contribution in [2.24, 2.45) is 5.92 Å². The topological polar surface area (TPSA) is 37.3 Å². The molecule has 0 aromatic heterocycles. The molecule has 0 radical (unpaired) electrons. The predicted molar refractivity (Wildman–Crippen MR) is 75.7 cm³/mol. The van der Waals surface area contributed by atoms with Crippen LogP contribution in [0.15, 0.2) is 23.1 Å². The normalized spacial score (nSPS) is 23.9. The summed E-state index contributed by atoms with van der Waals surface area (Å²) in [6, 6.07) is 5.32. The average molecular weight is 285 g/mol. The maximum absolute atomic E-state index is 11.3. The molecular weight excluding hydrogens is 268 g/mol. The largest absolute Gasteiger partial charge is 0.478 e. The van der Waals surface area contributed by atoms with Crippen LogP contribution in [0, 0.1) is 5.92 Å². The highest BCUT2D eigenvalue weighted by atomic mass is 35.5. The number of thioether (sulfide) groups is 1. The molecule has 0 amide bonds. The fourth-order valence-electron chi connectivity index (χ4n) is 2.48. The summed E-state index contributed by atoms with van der Waals surface area (Å²) in [6.45, 7) is 2.27. The van der Waals surface area contributed by atoms with Gasteiger partial charge in [0.1, 0.15) is 0 Å². The molecule has 2 rings (SSSR count). The van der Waals surface area contributed by atoms with E-state index < -0.39 is 5.97 Å². The molecule has 0 heterocycles. The second-order valence-electron chi connectivity index (χ2n) is 4.93. The zero-order chi connectivity index (χ0) is 13.1. The fourth-order valence-corrected chi connectivity index (χ4v) is 4.33. The Labute approximate surface area is 117 Å². The standard InChI is InChI=1S/C14H17ClO2S/c1-9-4-2-5-10(8-9)18-12-7-3-6-11(15)13(12)14(16)17/h3,6-7,9-10H,2,4-5,8H2,1H3,(H,16,17). The Morgan fingerprint density at radius 2 is 2.22 bits per heavy atom. The van der Waals surface area contributed by atoms with Crippen molar-refractivity contribution in [1.29, 1.82) is 0 Å². The number of carboxylic acids is 1. The van der Waals surface area contributed by atoms with Crippen molar-refractivity contribution in [3.05, 3.63) is 28.8 Å². The van der Waals surface area contributed by atoms with E-state index in [0.717, 1.165) is 17.2 Å². The highest BCUT2D eigenvalue weighted by Gasteiger charge is 2.23. The third-order valence-corrected chi connectivity index (χ3v) is 5.04. The van der Waals surface area contributed by atoms with Crippen LogP contribution in [0.4, 0.5) is 0 Å². The van der Waals surface area contributed by atoms with Crippen LogP contribution in [-0.4, -0.2) is 16.3 Å². The summed E-state index contributed by atoms with van der Waals surface area (Å²) in [4.78, 5) is 12.1. The van der Waals surface area contributed by atoms with Crippen molar-refractivity contribution < 1.29 is 9.90 Å². The molecule has 0 saturated heterocycles. The first-order valence-corrected chi connectivity index (χ1v) is 7.52.